The standard InChI is InChI=1S/C12H19N3O4/c1-15(7-5-6-11(16)19-4)12-13-9(17-2)8-10(14-12)18-3/h8H,5-7H2,1-4H3. The van der Waals surface area contributed by atoms with Gasteiger partial charge in [0, 0.05) is 20.0 Å². The van der Waals surface area contributed by atoms with Gasteiger partial charge in [0.05, 0.1) is 27.4 Å². The molecule has 7 nitrogen and oxygen atoms in total. The van der Waals surface area contributed by atoms with Crippen LogP contribution >= 0.6 is 0 Å². The average molecular weight is 269 g/mol. The lowest BCUT2D eigenvalue weighted by molar-refractivity contribution is -0.140. The number of ether oxygens (including phenoxy) is 3. The van der Waals surface area contributed by atoms with Gasteiger partial charge < -0.3 is 19.1 Å². The van der Waals surface area contributed by atoms with Gasteiger partial charge in [-0.15, -0.1) is 0 Å². The average Bonchev–Trinajstić information content (AvgIpc) is 2.46. The molecule has 0 amide bonds. The maximum atomic E-state index is 11.0. The quantitative estimate of drug-likeness (QED) is 0.680. The zero-order valence-corrected chi connectivity index (χ0v) is 11.7. The van der Waals surface area contributed by atoms with E-state index in [9.17, 15) is 4.79 Å². The fourth-order valence-electron chi connectivity index (χ4n) is 1.43. The van der Waals surface area contributed by atoms with Gasteiger partial charge >= 0.3 is 5.97 Å². The second-order valence-corrected chi connectivity index (χ2v) is 3.85. The van der Waals surface area contributed by atoms with E-state index in [0.29, 0.717) is 37.1 Å². The Hall–Kier alpha value is -2.05. The van der Waals surface area contributed by atoms with Crippen LogP contribution in [0.2, 0.25) is 0 Å². The van der Waals surface area contributed by atoms with Crippen molar-refractivity contribution in [1.82, 2.24) is 9.97 Å². The lowest BCUT2D eigenvalue weighted by Crippen LogP contribution is -2.22. The van der Waals surface area contributed by atoms with E-state index in [0.717, 1.165) is 0 Å². The number of rotatable bonds is 7. The molecular formula is C12H19N3O4. The Morgan fingerprint density at radius 2 is 1.79 bits per heavy atom. The van der Waals surface area contributed by atoms with Crippen LogP contribution in [0.15, 0.2) is 6.07 Å². The van der Waals surface area contributed by atoms with Crippen molar-refractivity contribution in [3.63, 3.8) is 0 Å². The summed E-state index contributed by atoms with van der Waals surface area (Å²) < 4.78 is 14.7. The van der Waals surface area contributed by atoms with E-state index in [1.807, 2.05) is 11.9 Å². The van der Waals surface area contributed by atoms with Crippen LogP contribution in [0.3, 0.4) is 0 Å². The summed E-state index contributed by atoms with van der Waals surface area (Å²) >= 11 is 0. The van der Waals surface area contributed by atoms with Crippen molar-refractivity contribution in [2.75, 3.05) is 39.8 Å². The SMILES string of the molecule is COC(=O)CCCN(C)c1nc(OC)cc(OC)n1. The second-order valence-electron chi connectivity index (χ2n) is 3.85. The van der Waals surface area contributed by atoms with Gasteiger partial charge in [-0.1, -0.05) is 0 Å². The van der Waals surface area contributed by atoms with Crippen LogP contribution in [-0.2, 0) is 9.53 Å². The molecule has 0 aromatic carbocycles. The highest BCUT2D eigenvalue weighted by molar-refractivity contribution is 5.69. The molecule has 0 bridgehead atoms. The van der Waals surface area contributed by atoms with E-state index >= 15 is 0 Å². The summed E-state index contributed by atoms with van der Waals surface area (Å²) in [6.07, 6.45) is 1.02. The maximum Gasteiger partial charge on any atom is 0.305 e. The summed E-state index contributed by atoms with van der Waals surface area (Å²) in [7, 11) is 6.28. The molecule has 0 unspecified atom stereocenters. The molecule has 0 saturated carbocycles. The first-order valence-corrected chi connectivity index (χ1v) is 5.85. The topological polar surface area (TPSA) is 73.8 Å². The number of methoxy groups -OCH3 is 3. The monoisotopic (exact) mass is 269 g/mol. The molecule has 106 valence electrons. The van der Waals surface area contributed by atoms with Crippen LogP contribution in [0, 0.1) is 0 Å². The third-order valence-corrected chi connectivity index (χ3v) is 2.53. The molecule has 0 aliphatic rings. The Labute approximate surface area is 112 Å². The fourth-order valence-corrected chi connectivity index (χ4v) is 1.43. The van der Waals surface area contributed by atoms with Crippen molar-refractivity contribution in [2.45, 2.75) is 12.8 Å². The molecular weight excluding hydrogens is 250 g/mol. The molecule has 1 aromatic rings. The van der Waals surface area contributed by atoms with Gasteiger partial charge in [-0.2, -0.15) is 9.97 Å². The third kappa shape index (κ3) is 4.61. The maximum absolute atomic E-state index is 11.0. The lowest BCUT2D eigenvalue weighted by atomic mass is 10.3. The van der Waals surface area contributed by atoms with E-state index in [2.05, 4.69) is 14.7 Å². The molecule has 0 saturated heterocycles. The Morgan fingerprint density at radius 3 is 2.26 bits per heavy atom. The number of nitrogens with zero attached hydrogens (tertiary/aromatic N) is 3. The van der Waals surface area contributed by atoms with Crippen LogP contribution in [0.4, 0.5) is 5.95 Å². The number of anilines is 1. The van der Waals surface area contributed by atoms with Gasteiger partial charge in [-0.05, 0) is 6.42 Å². The molecule has 1 aromatic heterocycles. The van der Waals surface area contributed by atoms with Gasteiger partial charge in [0.1, 0.15) is 0 Å². The fraction of sp³-hybridized carbons (Fsp3) is 0.583. The molecule has 0 atom stereocenters. The minimum Gasteiger partial charge on any atom is -0.481 e. The van der Waals surface area contributed by atoms with E-state index in [-0.39, 0.29) is 5.97 Å². The summed E-state index contributed by atoms with van der Waals surface area (Å²) in [4.78, 5) is 21.3. The molecule has 0 aliphatic heterocycles. The number of aromatic nitrogens is 2. The molecule has 0 fully saturated rings. The zero-order chi connectivity index (χ0) is 14.3. The minimum atomic E-state index is -0.224. The smallest absolute Gasteiger partial charge is 0.305 e. The normalized spacial score (nSPS) is 9.89. The number of hydrogen-bond donors (Lipinski definition) is 0. The Balaban J connectivity index is 2.65. The van der Waals surface area contributed by atoms with Crippen molar-refractivity contribution in [3.8, 4) is 11.8 Å². The number of hydrogen-bond acceptors (Lipinski definition) is 7. The second kappa shape index (κ2) is 7.40. The first kappa shape index (κ1) is 15.0. The number of esters is 1. The van der Waals surface area contributed by atoms with Crippen molar-refractivity contribution in [2.24, 2.45) is 0 Å². The third-order valence-electron chi connectivity index (χ3n) is 2.53. The highest BCUT2D eigenvalue weighted by Crippen LogP contribution is 2.19. The summed E-state index contributed by atoms with van der Waals surface area (Å²) in [5, 5.41) is 0. The van der Waals surface area contributed by atoms with E-state index in [1.165, 1.54) is 21.3 Å². The Bertz CT molecular complexity index is 403. The molecule has 0 radical (unpaired) electrons. The molecule has 7 heteroatoms. The van der Waals surface area contributed by atoms with E-state index in [1.54, 1.807) is 6.07 Å². The molecule has 1 rings (SSSR count). The lowest BCUT2D eigenvalue weighted by Gasteiger charge is -2.17. The van der Waals surface area contributed by atoms with Gasteiger partial charge in [0.2, 0.25) is 17.7 Å². The van der Waals surface area contributed by atoms with Gasteiger partial charge in [-0.3, -0.25) is 4.79 Å². The van der Waals surface area contributed by atoms with Crippen LogP contribution < -0.4 is 14.4 Å². The van der Waals surface area contributed by atoms with Crippen LogP contribution in [0.5, 0.6) is 11.8 Å². The molecule has 0 N–H and O–H groups in total. The summed E-state index contributed by atoms with van der Waals surface area (Å²) in [5.74, 6) is 1.13. The molecule has 19 heavy (non-hydrogen) atoms. The van der Waals surface area contributed by atoms with Gasteiger partial charge in [-0.25, -0.2) is 0 Å². The molecule has 1 heterocycles. The van der Waals surface area contributed by atoms with E-state index in [4.69, 9.17) is 9.47 Å². The summed E-state index contributed by atoms with van der Waals surface area (Å²) in [6.45, 7) is 0.630. The Morgan fingerprint density at radius 1 is 1.21 bits per heavy atom. The van der Waals surface area contributed by atoms with Crippen molar-refractivity contribution < 1.29 is 19.0 Å². The van der Waals surface area contributed by atoms with Gasteiger partial charge in [0.15, 0.2) is 0 Å². The highest BCUT2D eigenvalue weighted by atomic mass is 16.5. The zero-order valence-electron chi connectivity index (χ0n) is 11.7. The predicted octanol–water partition coefficient (Wildman–Crippen LogP) is 0.883. The van der Waals surface area contributed by atoms with Crippen LogP contribution in [0.1, 0.15) is 12.8 Å². The first-order valence-electron chi connectivity index (χ1n) is 5.85. The molecule has 0 aliphatic carbocycles. The van der Waals surface area contributed by atoms with E-state index < -0.39 is 0 Å². The largest absolute Gasteiger partial charge is 0.481 e. The van der Waals surface area contributed by atoms with Gasteiger partial charge in [0.25, 0.3) is 0 Å². The minimum absolute atomic E-state index is 0.224. The van der Waals surface area contributed by atoms with Crippen LogP contribution in [-0.4, -0.2) is 50.9 Å². The Kier molecular flexibility index (Phi) is 5.84. The van der Waals surface area contributed by atoms with Crippen molar-refractivity contribution >= 4 is 11.9 Å². The van der Waals surface area contributed by atoms with Crippen molar-refractivity contribution in [3.05, 3.63) is 6.07 Å². The first-order chi connectivity index (χ1) is 9.10. The summed E-state index contributed by atoms with van der Waals surface area (Å²) in [6, 6.07) is 1.60. The number of carbonyl (C=O) groups is 1. The molecule has 0 spiro atoms. The van der Waals surface area contributed by atoms with Crippen LogP contribution in [0.25, 0.3) is 0 Å². The van der Waals surface area contributed by atoms with Crippen molar-refractivity contribution in [1.29, 1.82) is 0 Å². The predicted molar refractivity (Wildman–Crippen MR) is 69.7 cm³/mol. The summed E-state index contributed by atoms with van der Waals surface area (Å²) in [5.41, 5.74) is 0. The highest BCUT2D eigenvalue weighted by Gasteiger charge is 2.10. The number of carbonyl (C=O) groups excluding carboxylic acids is 1.